The van der Waals surface area contributed by atoms with E-state index in [2.05, 4.69) is 14.7 Å². The van der Waals surface area contributed by atoms with Crippen LogP contribution in [0.2, 0.25) is 0 Å². The molecule has 1 aromatic carbocycles. The first kappa shape index (κ1) is 25.1. The fourth-order valence-corrected chi connectivity index (χ4v) is 3.84. The molecule has 0 saturated heterocycles. The summed E-state index contributed by atoms with van der Waals surface area (Å²) < 4.78 is 87.2. The normalized spacial score (nSPS) is 14.1. The maximum Gasteiger partial charge on any atom is 0.573 e. The highest BCUT2D eigenvalue weighted by molar-refractivity contribution is 6.12. The van der Waals surface area contributed by atoms with Crippen LogP contribution in [0.5, 0.6) is 11.6 Å². The van der Waals surface area contributed by atoms with Gasteiger partial charge in [0.15, 0.2) is 0 Å². The SMILES string of the molecule is COc1ccc(N2CN(c3ccc(OC(F)(F)F)cc3C)c3ncc(C(F)(F)F)cc3C2=O)c(C)n1. The highest BCUT2D eigenvalue weighted by Gasteiger charge is 2.38. The van der Waals surface area contributed by atoms with Crippen molar-refractivity contribution in [3.8, 4) is 11.6 Å². The molecule has 190 valence electrons. The number of methoxy groups -OCH3 is 1. The van der Waals surface area contributed by atoms with Crippen LogP contribution in [-0.4, -0.2) is 36.0 Å². The number of fused-ring (bicyclic) bond motifs is 1. The first-order valence-electron chi connectivity index (χ1n) is 10.3. The number of ether oxygens (including phenoxy) is 2. The van der Waals surface area contributed by atoms with Gasteiger partial charge in [-0.25, -0.2) is 9.97 Å². The Labute approximate surface area is 200 Å². The number of carbonyl (C=O) groups excluding carboxylic acids is 1. The van der Waals surface area contributed by atoms with Crippen LogP contribution in [0.1, 0.15) is 27.2 Å². The summed E-state index contributed by atoms with van der Waals surface area (Å²) in [4.78, 5) is 24.1. The smallest absolute Gasteiger partial charge is 0.481 e. The molecule has 36 heavy (non-hydrogen) atoms. The van der Waals surface area contributed by atoms with Crippen LogP contribution in [-0.2, 0) is 6.18 Å². The summed E-state index contributed by atoms with van der Waals surface area (Å²) in [5.74, 6) is -1.01. The van der Waals surface area contributed by atoms with E-state index in [9.17, 15) is 31.1 Å². The first-order chi connectivity index (χ1) is 16.8. The minimum Gasteiger partial charge on any atom is -0.481 e. The van der Waals surface area contributed by atoms with E-state index < -0.39 is 29.8 Å². The average molecular weight is 512 g/mol. The van der Waals surface area contributed by atoms with Gasteiger partial charge in [-0.3, -0.25) is 9.69 Å². The number of amides is 1. The van der Waals surface area contributed by atoms with E-state index in [0.29, 0.717) is 34.9 Å². The van der Waals surface area contributed by atoms with Gasteiger partial charge in [0.05, 0.1) is 29.6 Å². The molecule has 1 amide bonds. The van der Waals surface area contributed by atoms with E-state index in [4.69, 9.17) is 4.74 Å². The third-order valence-corrected chi connectivity index (χ3v) is 5.43. The quantitative estimate of drug-likeness (QED) is 0.413. The van der Waals surface area contributed by atoms with Gasteiger partial charge in [0.2, 0.25) is 5.88 Å². The minimum atomic E-state index is -4.90. The summed E-state index contributed by atoms with van der Waals surface area (Å²) >= 11 is 0. The second-order valence-corrected chi connectivity index (χ2v) is 7.85. The molecule has 0 radical (unpaired) electrons. The highest BCUT2D eigenvalue weighted by atomic mass is 19.4. The lowest BCUT2D eigenvalue weighted by atomic mass is 10.1. The van der Waals surface area contributed by atoms with Gasteiger partial charge >= 0.3 is 12.5 Å². The maximum absolute atomic E-state index is 13.4. The number of anilines is 3. The zero-order chi connectivity index (χ0) is 26.4. The number of halogens is 6. The van der Waals surface area contributed by atoms with E-state index >= 15 is 0 Å². The van der Waals surface area contributed by atoms with Gasteiger partial charge in [-0.1, -0.05) is 0 Å². The number of benzene rings is 1. The molecule has 1 aliphatic rings. The van der Waals surface area contributed by atoms with Crippen LogP contribution in [0.15, 0.2) is 42.6 Å². The van der Waals surface area contributed by atoms with Crippen molar-refractivity contribution in [2.75, 3.05) is 23.6 Å². The van der Waals surface area contributed by atoms with E-state index in [0.717, 1.165) is 12.1 Å². The largest absolute Gasteiger partial charge is 0.573 e. The number of hydrogen-bond acceptors (Lipinski definition) is 6. The molecule has 4 rings (SSSR count). The molecule has 0 fully saturated rings. The molecule has 13 heteroatoms. The van der Waals surface area contributed by atoms with Crippen molar-refractivity contribution in [1.82, 2.24) is 9.97 Å². The molecule has 0 atom stereocenters. The Hall–Kier alpha value is -4.03. The number of carbonyl (C=O) groups is 1. The summed E-state index contributed by atoms with van der Waals surface area (Å²) in [6.45, 7) is 2.91. The van der Waals surface area contributed by atoms with Crippen molar-refractivity contribution in [3.05, 3.63) is 65.0 Å². The summed E-state index contributed by atoms with van der Waals surface area (Å²) in [6, 6.07) is 7.25. The third kappa shape index (κ3) is 4.86. The summed E-state index contributed by atoms with van der Waals surface area (Å²) in [6.07, 6.45) is -9.05. The third-order valence-electron chi connectivity index (χ3n) is 5.43. The number of nitrogens with zero attached hydrogens (tertiary/aromatic N) is 4. The van der Waals surface area contributed by atoms with Gasteiger partial charge in [-0.05, 0) is 49.7 Å². The summed E-state index contributed by atoms with van der Waals surface area (Å²) in [5.41, 5.74) is -0.147. The van der Waals surface area contributed by atoms with Crippen LogP contribution in [0, 0.1) is 13.8 Å². The predicted molar refractivity (Wildman–Crippen MR) is 116 cm³/mol. The Morgan fingerprint density at radius 2 is 1.64 bits per heavy atom. The van der Waals surface area contributed by atoms with Crippen LogP contribution in [0.4, 0.5) is 43.5 Å². The minimum absolute atomic E-state index is 0.0732. The van der Waals surface area contributed by atoms with Crippen LogP contribution < -0.4 is 19.3 Å². The number of rotatable bonds is 4. The van der Waals surface area contributed by atoms with E-state index in [-0.39, 0.29) is 23.9 Å². The second kappa shape index (κ2) is 8.88. The van der Waals surface area contributed by atoms with Gasteiger partial charge in [0.25, 0.3) is 5.91 Å². The lowest BCUT2D eigenvalue weighted by Crippen LogP contribution is -2.46. The molecule has 1 aliphatic heterocycles. The van der Waals surface area contributed by atoms with Gasteiger partial charge in [0, 0.05) is 18.0 Å². The molecule has 0 spiro atoms. The molecular formula is C23H18F6N4O3. The van der Waals surface area contributed by atoms with Crippen LogP contribution >= 0.6 is 0 Å². The van der Waals surface area contributed by atoms with E-state index in [1.54, 1.807) is 6.92 Å². The summed E-state index contributed by atoms with van der Waals surface area (Å²) in [7, 11) is 1.41. The van der Waals surface area contributed by atoms with Crippen molar-refractivity contribution in [2.45, 2.75) is 26.4 Å². The first-order valence-corrected chi connectivity index (χ1v) is 10.3. The standard InChI is InChI=1S/C23H18F6N4O3/c1-12-8-15(36-23(27,28)29)4-5-17(12)32-11-33(18-6-7-19(35-3)31-13(18)2)21(34)16-9-14(22(24,25)26)10-30-20(16)32/h4-10H,11H2,1-3H3. The molecular weight excluding hydrogens is 494 g/mol. The lowest BCUT2D eigenvalue weighted by Gasteiger charge is -2.38. The monoisotopic (exact) mass is 512 g/mol. The van der Waals surface area contributed by atoms with Gasteiger partial charge in [-0.15, -0.1) is 13.2 Å². The summed E-state index contributed by atoms with van der Waals surface area (Å²) in [5, 5.41) is 0. The molecule has 0 aliphatic carbocycles. The van der Waals surface area contributed by atoms with Gasteiger partial charge < -0.3 is 14.4 Å². The predicted octanol–water partition coefficient (Wildman–Crippen LogP) is 5.78. The molecule has 0 N–H and O–H groups in total. The number of hydrogen-bond donors (Lipinski definition) is 0. The number of alkyl halides is 6. The maximum atomic E-state index is 13.4. The number of aromatic nitrogens is 2. The van der Waals surface area contributed by atoms with Crippen LogP contribution in [0.25, 0.3) is 0 Å². The number of aryl methyl sites for hydroxylation is 2. The average Bonchev–Trinajstić information content (AvgIpc) is 2.78. The van der Waals surface area contributed by atoms with Crippen molar-refractivity contribution >= 4 is 23.1 Å². The van der Waals surface area contributed by atoms with Gasteiger partial charge in [-0.2, -0.15) is 13.2 Å². The zero-order valence-corrected chi connectivity index (χ0v) is 19.0. The Bertz CT molecular complexity index is 1330. The Kier molecular flexibility index (Phi) is 6.18. The van der Waals surface area contributed by atoms with Crippen LogP contribution in [0.3, 0.4) is 0 Å². The fraction of sp³-hybridized carbons (Fsp3) is 0.261. The van der Waals surface area contributed by atoms with E-state index in [1.165, 1.54) is 42.0 Å². The second-order valence-electron chi connectivity index (χ2n) is 7.85. The highest BCUT2D eigenvalue weighted by Crippen LogP contribution is 2.40. The molecule has 7 nitrogen and oxygen atoms in total. The Morgan fingerprint density at radius 3 is 2.22 bits per heavy atom. The fourth-order valence-electron chi connectivity index (χ4n) is 3.84. The lowest BCUT2D eigenvalue weighted by molar-refractivity contribution is -0.274. The molecule has 0 bridgehead atoms. The van der Waals surface area contributed by atoms with Crippen molar-refractivity contribution in [1.29, 1.82) is 0 Å². The molecule has 2 aromatic heterocycles. The Morgan fingerprint density at radius 1 is 0.944 bits per heavy atom. The van der Waals surface area contributed by atoms with E-state index in [1.807, 2.05) is 0 Å². The van der Waals surface area contributed by atoms with Crippen molar-refractivity contribution < 1.29 is 40.6 Å². The van der Waals surface area contributed by atoms with Crippen molar-refractivity contribution in [3.63, 3.8) is 0 Å². The van der Waals surface area contributed by atoms with Gasteiger partial charge in [0.1, 0.15) is 18.2 Å². The molecule has 3 aromatic rings. The topological polar surface area (TPSA) is 67.8 Å². The molecule has 3 heterocycles. The Balaban J connectivity index is 1.85. The number of pyridine rings is 2. The zero-order valence-electron chi connectivity index (χ0n) is 19.0. The molecule has 0 unspecified atom stereocenters. The van der Waals surface area contributed by atoms with Crippen molar-refractivity contribution in [2.24, 2.45) is 0 Å². The molecule has 0 saturated carbocycles.